The summed E-state index contributed by atoms with van der Waals surface area (Å²) in [4.78, 5) is 0. The topological polar surface area (TPSA) is 38.7 Å². The number of aliphatic hydroxyl groups excluding tert-OH is 1. The molecule has 0 aliphatic rings. The molecule has 0 aliphatic heterocycles. The SMILES string of the molecule is CCCOC(C/C=C/CCO)OCCC. The Morgan fingerprint density at radius 2 is 1.67 bits per heavy atom. The van der Waals surface area contributed by atoms with Gasteiger partial charge in [0.2, 0.25) is 0 Å². The Kier molecular flexibility index (Phi) is 11.4. The lowest BCUT2D eigenvalue weighted by molar-refractivity contribution is -0.139. The summed E-state index contributed by atoms with van der Waals surface area (Å²) in [7, 11) is 0. The van der Waals surface area contributed by atoms with E-state index in [2.05, 4.69) is 13.8 Å². The molecule has 3 nitrogen and oxygen atoms in total. The average molecular weight is 216 g/mol. The molecule has 0 spiro atoms. The van der Waals surface area contributed by atoms with Crippen LogP contribution in [0.5, 0.6) is 0 Å². The molecule has 0 heterocycles. The Bertz CT molecular complexity index is 138. The van der Waals surface area contributed by atoms with Crippen molar-refractivity contribution in [3.8, 4) is 0 Å². The molecule has 90 valence electrons. The molecule has 0 rings (SSSR count). The minimum Gasteiger partial charge on any atom is -0.396 e. The maximum absolute atomic E-state index is 8.60. The van der Waals surface area contributed by atoms with Crippen LogP contribution in [-0.2, 0) is 9.47 Å². The Hall–Kier alpha value is -0.380. The molecule has 0 aromatic rings. The predicted molar refractivity (Wildman–Crippen MR) is 61.7 cm³/mol. The number of ether oxygens (including phenoxy) is 2. The third-order valence-corrected chi connectivity index (χ3v) is 1.81. The van der Waals surface area contributed by atoms with Gasteiger partial charge < -0.3 is 14.6 Å². The van der Waals surface area contributed by atoms with Crippen LogP contribution in [0, 0.1) is 0 Å². The lowest BCUT2D eigenvalue weighted by atomic mass is 10.3. The molecule has 0 aromatic heterocycles. The third-order valence-electron chi connectivity index (χ3n) is 1.81. The third kappa shape index (κ3) is 9.91. The monoisotopic (exact) mass is 216 g/mol. The largest absolute Gasteiger partial charge is 0.396 e. The first-order valence-electron chi connectivity index (χ1n) is 5.84. The van der Waals surface area contributed by atoms with Gasteiger partial charge in [0, 0.05) is 26.2 Å². The molecule has 0 aliphatic carbocycles. The standard InChI is InChI=1S/C12H24O3/c1-3-10-14-12(15-11-4-2)8-6-5-7-9-13/h5-6,12-13H,3-4,7-11H2,1-2H3/b6-5+. The van der Waals surface area contributed by atoms with Crippen LogP contribution in [0.25, 0.3) is 0 Å². The maximum Gasteiger partial charge on any atom is 0.160 e. The minimum absolute atomic E-state index is 0.125. The first-order valence-corrected chi connectivity index (χ1v) is 5.84. The van der Waals surface area contributed by atoms with Crippen molar-refractivity contribution >= 4 is 0 Å². The van der Waals surface area contributed by atoms with Crippen LogP contribution < -0.4 is 0 Å². The number of hydrogen-bond acceptors (Lipinski definition) is 3. The van der Waals surface area contributed by atoms with Crippen molar-refractivity contribution in [1.82, 2.24) is 0 Å². The number of hydrogen-bond donors (Lipinski definition) is 1. The van der Waals surface area contributed by atoms with Gasteiger partial charge in [0.15, 0.2) is 6.29 Å². The van der Waals surface area contributed by atoms with Gasteiger partial charge in [-0.05, 0) is 19.3 Å². The molecule has 0 saturated carbocycles. The van der Waals surface area contributed by atoms with Gasteiger partial charge in [-0.25, -0.2) is 0 Å². The fourth-order valence-corrected chi connectivity index (χ4v) is 1.08. The van der Waals surface area contributed by atoms with Crippen molar-refractivity contribution in [2.24, 2.45) is 0 Å². The summed E-state index contributed by atoms with van der Waals surface area (Å²) in [5, 5.41) is 8.60. The zero-order valence-corrected chi connectivity index (χ0v) is 9.95. The first-order chi connectivity index (χ1) is 7.35. The normalized spacial score (nSPS) is 11.7. The van der Waals surface area contributed by atoms with E-state index in [1.54, 1.807) is 0 Å². The molecule has 0 fully saturated rings. The molecule has 15 heavy (non-hydrogen) atoms. The zero-order valence-electron chi connectivity index (χ0n) is 9.95. The van der Waals surface area contributed by atoms with Crippen LogP contribution in [0.1, 0.15) is 39.5 Å². The van der Waals surface area contributed by atoms with Gasteiger partial charge in [-0.2, -0.15) is 0 Å². The van der Waals surface area contributed by atoms with Crippen molar-refractivity contribution in [3.63, 3.8) is 0 Å². The van der Waals surface area contributed by atoms with Crippen LogP contribution in [0.2, 0.25) is 0 Å². The van der Waals surface area contributed by atoms with E-state index in [9.17, 15) is 0 Å². The van der Waals surface area contributed by atoms with E-state index in [1.165, 1.54) is 0 Å². The van der Waals surface area contributed by atoms with E-state index in [1.807, 2.05) is 12.2 Å². The van der Waals surface area contributed by atoms with Crippen molar-refractivity contribution < 1.29 is 14.6 Å². The molecule has 0 bridgehead atoms. The van der Waals surface area contributed by atoms with Gasteiger partial charge in [0.1, 0.15) is 0 Å². The lowest BCUT2D eigenvalue weighted by Gasteiger charge is -2.16. The van der Waals surface area contributed by atoms with E-state index < -0.39 is 0 Å². The van der Waals surface area contributed by atoms with Crippen molar-refractivity contribution in [2.45, 2.75) is 45.8 Å². The van der Waals surface area contributed by atoms with E-state index in [-0.39, 0.29) is 12.9 Å². The highest BCUT2D eigenvalue weighted by Gasteiger charge is 2.05. The van der Waals surface area contributed by atoms with Gasteiger partial charge in [-0.1, -0.05) is 26.0 Å². The number of rotatable bonds is 10. The minimum atomic E-state index is -0.125. The Balaban J connectivity index is 3.67. The summed E-state index contributed by atoms with van der Waals surface area (Å²) >= 11 is 0. The summed E-state index contributed by atoms with van der Waals surface area (Å²) in [6, 6.07) is 0. The summed E-state index contributed by atoms with van der Waals surface area (Å²) in [5.41, 5.74) is 0. The first kappa shape index (κ1) is 14.6. The highest BCUT2D eigenvalue weighted by molar-refractivity contribution is 4.82. The van der Waals surface area contributed by atoms with E-state index in [0.717, 1.165) is 32.5 Å². The lowest BCUT2D eigenvalue weighted by Crippen LogP contribution is -2.17. The van der Waals surface area contributed by atoms with E-state index in [4.69, 9.17) is 14.6 Å². The second-order valence-electron chi connectivity index (χ2n) is 3.39. The molecule has 0 unspecified atom stereocenters. The Morgan fingerprint density at radius 3 is 2.13 bits per heavy atom. The summed E-state index contributed by atoms with van der Waals surface area (Å²) in [6.45, 7) is 5.84. The molecular formula is C12H24O3. The quantitative estimate of drug-likeness (QED) is 0.450. The van der Waals surface area contributed by atoms with Gasteiger partial charge in [0.25, 0.3) is 0 Å². The molecule has 0 radical (unpaired) electrons. The maximum atomic E-state index is 8.60. The molecule has 1 N–H and O–H groups in total. The van der Waals surface area contributed by atoms with Gasteiger partial charge in [0.05, 0.1) is 0 Å². The van der Waals surface area contributed by atoms with Crippen LogP contribution >= 0.6 is 0 Å². The van der Waals surface area contributed by atoms with Crippen LogP contribution in [0.15, 0.2) is 12.2 Å². The fourth-order valence-electron chi connectivity index (χ4n) is 1.08. The molecule has 3 heteroatoms. The summed E-state index contributed by atoms with van der Waals surface area (Å²) in [5.74, 6) is 0. The second kappa shape index (κ2) is 11.7. The summed E-state index contributed by atoms with van der Waals surface area (Å²) in [6.07, 6.45) is 7.32. The second-order valence-corrected chi connectivity index (χ2v) is 3.39. The molecule has 0 aromatic carbocycles. The Labute approximate surface area is 93.1 Å². The smallest absolute Gasteiger partial charge is 0.160 e. The highest BCUT2D eigenvalue weighted by Crippen LogP contribution is 2.04. The van der Waals surface area contributed by atoms with Gasteiger partial charge in [-0.15, -0.1) is 0 Å². The Morgan fingerprint density at radius 1 is 1.07 bits per heavy atom. The van der Waals surface area contributed by atoms with Crippen molar-refractivity contribution in [3.05, 3.63) is 12.2 Å². The predicted octanol–water partition coefficient (Wildman–Crippen LogP) is 2.49. The average Bonchev–Trinajstić information content (AvgIpc) is 2.27. The molecule has 0 amide bonds. The van der Waals surface area contributed by atoms with Crippen LogP contribution in [-0.4, -0.2) is 31.2 Å². The number of aliphatic hydroxyl groups is 1. The van der Waals surface area contributed by atoms with Gasteiger partial charge >= 0.3 is 0 Å². The van der Waals surface area contributed by atoms with Crippen LogP contribution in [0.4, 0.5) is 0 Å². The van der Waals surface area contributed by atoms with Crippen molar-refractivity contribution in [1.29, 1.82) is 0 Å². The van der Waals surface area contributed by atoms with E-state index >= 15 is 0 Å². The fraction of sp³-hybridized carbons (Fsp3) is 0.833. The van der Waals surface area contributed by atoms with Crippen molar-refractivity contribution in [2.75, 3.05) is 19.8 Å². The molecular weight excluding hydrogens is 192 g/mol. The summed E-state index contributed by atoms with van der Waals surface area (Å²) < 4.78 is 11.1. The highest BCUT2D eigenvalue weighted by atomic mass is 16.7. The zero-order chi connectivity index (χ0) is 11.4. The van der Waals surface area contributed by atoms with E-state index in [0.29, 0.717) is 6.42 Å². The molecule has 0 saturated heterocycles. The van der Waals surface area contributed by atoms with Crippen LogP contribution in [0.3, 0.4) is 0 Å². The molecule has 0 atom stereocenters. The van der Waals surface area contributed by atoms with Gasteiger partial charge in [-0.3, -0.25) is 0 Å².